The summed E-state index contributed by atoms with van der Waals surface area (Å²) in [5.74, 6) is 3.65. The van der Waals surface area contributed by atoms with E-state index in [2.05, 4.69) is 39.9 Å². The van der Waals surface area contributed by atoms with Crippen molar-refractivity contribution in [1.82, 2.24) is 38.2 Å². The molecule has 0 amide bonds. The fourth-order valence-corrected chi connectivity index (χ4v) is 10.2. The molecule has 15 heteroatoms. The van der Waals surface area contributed by atoms with Gasteiger partial charge in [0, 0.05) is 62.6 Å². The van der Waals surface area contributed by atoms with Gasteiger partial charge in [0.15, 0.2) is 11.3 Å². The van der Waals surface area contributed by atoms with Crippen LogP contribution in [0.3, 0.4) is 0 Å². The van der Waals surface area contributed by atoms with E-state index >= 15 is 0 Å². The normalized spacial score (nSPS) is 22.8. The van der Waals surface area contributed by atoms with E-state index < -0.39 is 0 Å². The first-order valence-electron chi connectivity index (χ1n) is 20.9. The van der Waals surface area contributed by atoms with Gasteiger partial charge < -0.3 is 24.8 Å². The first kappa shape index (κ1) is 35.5. The molecule has 0 bridgehead atoms. The van der Waals surface area contributed by atoms with Crippen LogP contribution < -0.4 is 31.5 Å². The summed E-state index contributed by atoms with van der Waals surface area (Å²) in [6.45, 7) is 6.73. The standard InChI is InChI=1S/C43H48N10O5/c1-23-16-36-26(8-14-57-36)18-31(23)46-40-44-21-34-38(48-40)51(42(54)50(34)3)28-6-4-25(5-7-28)30-20-33(30)53-35-22-45-41(47-32-19-27-9-15-58-37(27)17-24(32)2)49-39(35)52(43(53)55)29-10-12-56-13-11-29/h16-19,21-22,25,28-30,33H,4-15,20H2,1-3H3,(H,44,46,48)(H,45,47,49). The predicted octanol–water partition coefficient (Wildman–Crippen LogP) is 6.35. The summed E-state index contributed by atoms with van der Waals surface area (Å²) in [5, 5.41) is 6.86. The molecule has 2 N–H and O–H groups in total. The molecule has 5 aliphatic rings. The lowest BCUT2D eigenvalue weighted by Crippen LogP contribution is -2.31. The minimum absolute atomic E-state index is 0.00443. The van der Waals surface area contributed by atoms with Crippen LogP contribution in [0.2, 0.25) is 0 Å². The molecule has 2 aliphatic carbocycles. The number of aryl methyl sites for hydroxylation is 3. The number of nitrogens with zero attached hydrogens (tertiary/aromatic N) is 8. The van der Waals surface area contributed by atoms with Crippen molar-refractivity contribution in [2.24, 2.45) is 18.9 Å². The van der Waals surface area contributed by atoms with Crippen LogP contribution in [0, 0.1) is 25.7 Å². The van der Waals surface area contributed by atoms with E-state index in [9.17, 15) is 9.59 Å². The molecule has 0 spiro atoms. The third-order valence-corrected chi connectivity index (χ3v) is 13.5. The maximum absolute atomic E-state index is 14.5. The summed E-state index contributed by atoms with van der Waals surface area (Å²) in [6.07, 6.45) is 11.5. The molecule has 2 aromatic carbocycles. The summed E-state index contributed by atoms with van der Waals surface area (Å²) in [4.78, 5) is 47.5. The van der Waals surface area contributed by atoms with Crippen LogP contribution in [-0.2, 0) is 24.6 Å². The maximum atomic E-state index is 14.5. The molecule has 15 nitrogen and oxygen atoms in total. The van der Waals surface area contributed by atoms with Gasteiger partial charge in [-0.25, -0.2) is 19.6 Å². The van der Waals surface area contributed by atoms with Gasteiger partial charge in [-0.15, -0.1) is 0 Å². The zero-order valence-electron chi connectivity index (χ0n) is 33.2. The van der Waals surface area contributed by atoms with Gasteiger partial charge in [0.1, 0.15) is 22.5 Å². The molecule has 300 valence electrons. The molecule has 11 rings (SSSR count). The average Bonchev–Trinajstić information content (AvgIpc) is 3.44. The lowest BCUT2D eigenvalue weighted by molar-refractivity contribution is 0.0694. The second-order valence-electron chi connectivity index (χ2n) is 16.9. The number of nitrogens with one attached hydrogen (secondary N) is 2. The van der Waals surface area contributed by atoms with E-state index in [1.54, 1.807) is 17.8 Å². The lowest BCUT2D eigenvalue weighted by atomic mass is 9.82. The Bertz CT molecular complexity index is 2730. The maximum Gasteiger partial charge on any atom is 0.330 e. The van der Waals surface area contributed by atoms with E-state index in [-0.39, 0.29) is 29.5 Å². The Hall–Kier alpha value is -5.70. The first-order valence-corrected chi connectivity index (χ1v) is 20.9. The number of hydrogen-bond donors (Lipinski definition) is 2. The summed E-state index contributed by atoms with van der Waals surface area (Å²) >= 11 is 0. The molecule has 2 saturated carbocycles. The number of rotatable bonds is 8. The lowest BCUT2D eigenvalue weighted by Gasteiger charge is -2.29. The summed E-state index contributed by atoms with van der Waals surface area (Å²) < 4.78 is 24.7. The molecule has 3 fully saturated rings. The number of anilines is 4. The smallest absolute Gasteiger partial charge is 0.330 e. The highest BCUT2D eigenvalue weighted by molar-refractivity contribution is 5.75. The third kappa shape index (κ3) is 5.87. The van der Waals surface area contributed by atoms with Crippen molar-refractivity contribution in [2.75, 3.05) is 37.1 Å². The summed E-state index contributed by atoms with van der Waals surface area (Å²) in [6, 6.07) is 8.50. The van der Waals surface area contributed by atoms with Gasteiger partial charge in [0.2, 0.25) is 11.9 Å². The zero-order valence-corrected chi connectivity index (χ0v) is 33.2. The van der Waals surface area contributed by atoms with E-state index in [4.69, 9.17) is 29.2 Å². The topological polar surface area (TPSA) is 157 Å². The number of fused-ring (bicyclic) bond motifs is 4. The summed E-state index contributed by atoms with van der Waals surface area (Å²) in [5.41, 5.74) is 9.09. The highest BCUT2D eigenvalue weighted by Gasteiger charge is 2.47. The van der Waals surface area contributed by atoms with Gasteiger partial charge in [-0.2, -0.15) is 9.97 Å². The molecular weight excluding hydrogens is 737 g/mol. The van der Waals surface area contributed by atoms with Crippen molar-refractivity contribution in [1.29, 1.82) is 0 Å². The van der Waals surface area contributed by atoms with Crippen molar-refractivity contribution in [3.8, 4) is 11.5 Å². The predicted molar refractivity (Wildman–Crippen MR) is 219 cm³/mol. The van der Waals surface area contributed by atoms with Crippen molar-refractivity contribution in [3.63, 3.8) is 0 Å². The van der Waals surface area contributed by atoms with Crippen molar-refractivity contribution >= 4 is 45.6 Å². The van der Waals surface area contributed by atoms with Crippen LogP contribution in [0.5, 0.6) is 11.5 Å². The SMILES string of the molecule is Cc1cc2c(cc1Nc1ncc3c(n1)n(C1CCC(C4CC4n4c(=O)n(C5CCOCC5)c5nc(Nc6cc7c(cc6C)OCC7)ncc54)CC1)c(=O)n3C)CCO2. The molecule has 3 aliphatic heterocycles. The van der Waals surface area contributed by atoms with Crippen LogP contribution in [0.1, 0.15) is 85.3 Å². The van der Waals surface area contributed by atoms with Gasteiger partial charge in [-0.3, -0.25) is 18.3 Å². The fraction of sp³-hybridized carbons (Fsp3) is 0.488. The first-order chi connectivity index (χ1) is 28.3. The van der Waals surface area contributed by atoms with Crippen LogP contribution in [0.25, 0.3) is 22.3 Å². The van der Waals surface area contributed by atoms with Gasteiger partial charge in [-0.05, 0) is 117 Å². The molecule has 1 saturated heterocycles. The Labute approximate surface area is 334 Å². The Kier molecular flexibility index (Phi) is 8.38. The van der Waals surface area contributed by atoms with E-state index in [0.717, 1.165) is 103 Å². The van der Waals surface area contributed by atoms with Gasteiger partial charge >= 0.3 is 11.4 Å². The molecular formula is C43H48N10O5. The molecule has 2 unspecified atom stereocenters. The second-order valence-corrected chi connectivity index (χ2v) is 16.9. The molecule has 0 radical (unpaired) electrons. The van der Waals surface area contributed by atoms with E-state index in [0.29, 0.717) is 61.5 Å². The van der Waals surface area contributed by atoms with Crippen molar-refractivity contribution in [3.05, 3.63) is 79.9 Å². The minimum atomic E-state index is -0.0678. The highest BCUT2D eigenvalue weighted by atomic mass is 16.5. The minimum Gasteiger partial charge on any atom is -0.493 e. The monoisotopic (exact) mass is 784 g/mol. The molecule has 6 aromatic rings. The van der Waals surface area contributed by atoms with Crippen LogP contribution in [-0.4, -0.2) is 64.6 Å². The van der Waals surface area contributed by atoms with Gasteiger partial charge in [-0.1, -0.05) is 0 Å². The second kappa shape index (κ2) is 13.7. The Morgan fingerprint density at radius 2 is 1.21 bits per heavy atom. The number of benzene rings is 2. The number of ether oxygens (including phenoxy) is 3. The largest absolute Gasteiger partial charge is 0.493 e. The van der Waals surface area contributed by atoms with Crippen molar-refractivity contribution < 1.29 is 14.2 Å². The fourth-order valence-electron chi connectivity index (χ4n) is 10.2. The highest BCUT2D eigenvalue weighted by Crippen LogP contribution is 2.54. The van der Waals surface area contributed by atoms with E-state index in [1.165, 1.54) is 11.1 Å². The number of imidazole rings is 2. The summed E-state index contributed by atoms with van der Waals surface area (Å²) in [7, 11) is 1.80. The zero-order chi connectivity index (χ0) is 39.2. The average molecular weight is 785 g/mol. The Balaban J connectivity index is 0.838. The van der Waals surface area contributed by atoms with Crippen LogP contribution in [0.4, 0.5) is 23.3 Å². The number of hydrogen-bond acceptors (Lipinski definition) is 11. The Morgan fingerprint density at radius 1 is 0.655 bits per heavy atom. The van der Waals surface area contributed by atoms with E-state index in [1.807, 2.05) is 33.7 Å². The van der Waals surface area contributed by atoms with Crippen LogP contribution in [0.15, 0.2) is 46.2 Å². The van der Waals surface area contributed by atoms with Gasteiger partial charge in [0.05, 0.1) is 25.6 Å². The van der Waals surface area contributed by atoms with Gasteiger partial charge in [0.25, 0.3) is 0 Å². The Morgan fingerprint density at radius 3 is 1.83 bits per heavy atom. The molecule has 58 heavy (non-hydrogen) atoms. The molecule has 2 atom stereocenters. The molecule has 4 aromatic heterocycles. The quantitative estimate of drug-likeness (QED) is 0.177. The third-order valence-electron chi connectivity index (χ3n) is 13.5. The van der Waals surface area contributed by atoms with Crippen LogP contribution >= 0.6 is 0 Å². The number of aromatic nitrogens is 8. The molecule has 7 heterocycles. The van der Waals surface area contributed by atoms with Crippen molar-refractivity contribution in [2.45, 2.75) is 89.8 Å².